The van der Waals surface area contributed by atoms with Crippen molar-refractivity contribution in [2.24, 2.45) is 0 Å². The molecule has 6 atom stereocenters. The molecule has 174 valence electrons. The van der Waals surface area contributed by atoms with Crippen LogP contribution in [0.2, 0.25) is 0 Å². The number of fused-ring (bicyclic) bond motifs is 1. The van der Waals surface area contributed by atoms with Crippen LogP contribution in [0.3, 0.4) is 0 Å². The Balaban J connectivity index is 0. The second-order valence-electron chi connectivity index (χ2n) is 6.07. The number of phosphoric ester groups is 1. The summed E-state index contributed by atoms with van der Waals surface area (Å²) in [6, 6.07) is 1.51. The number of nitrogen functional groups attached to an aromatic ring is 1. The Labute approximate surface area is 286 Å². The van der Waals surface area contributed by atoms with Crippen molar-refractivity contribution >= 4 is 40.3 Å². The first-order chi connectivity index (χ1) is 14.2. The molecule has 2 unspecified atom stereocenters. The average molecular weight is 594 g/mol. The third kappa shape index (κ3) is 10.9. The standard InChI is InChI=1S/C11H17N4O13P3.4Na/c12-9-5-1-2-15(10(5)14-4-13-9)11-8(17)7(16)6(26-11)3-25-30(21,22)28-31(23,24)27-29(18,19)20;;;;/h1-2,4,6-8,11,16-17H,3H2,(H,21,22)(H,23,24)(H2,12,13,14)(H2,18,19,20);;;;/q;4*+1/p-4/t6-,7-,8-,11-;;;;/m1..../s1. The first-order valence-corrected chi connectivity index (χ1v) is 12.4. The third-order valence-electron chi connectivity index (χ3n) is 3.95. The summed E-state index contributed by atoms with van der Waals surface area (Å²) in [4.78, 5) is 51.1. The first-order valence-electron chi connectivity index (χ1n) is 7.99. The number of aliphatic hydroxyl groups is 2. The van der Waals surface area contributed by atoms with Crippen LogP contribution < -0.4 is 144 Å². The van der Waals surface area contributed by atoms with Crippen molar-refractivity contribution in [3.05, 3.63) is 18.6 Å². The van der Waals surface area contributed by atoms with E-state index in [1.54, 1.807) is 0 Å². The molecule has 1 aliphatic heterocycles. The maximum absolute atomic E-state index is 11.6. The van der Waals surface area contributed by atoms with E-state index < -0.39 is 54.6 Å². The van der Waals surface area contributed by atoms with Crippen LogP contribution in [0.1, 0.15) is 6.23 Å². The molecule has 35 heavy (non-hydrogen) atoms. The minimum atomic E-state index is -6.13. The van der Waals surface area contributed by atoms with Crippen LogP contribution in [0.15, 0.2) is 18.6 Å². The predicted octanol–water partition coefficient (Wildman–Crippen LogP) is -15.5. The monoisotopic (exact) mass is 594 g/mol. The zero-order chi connectivity index (χ0) is 23.2. The van der Waals surface area contributed by atoms with Gasteiger partial charge in [-0.3, -0.25) is 13.4 Å². The Hall–Kier alpha value is 2.71. The Morgan fingerprint density at radius 1 is 1.00 bits per heavy atom. The van der Waals surface area contributed by atoms with Gasteiger partial charge in [-0.2, -0.15) is 0 Å². The molecule has 3 rings (SSSR count). The summed E-state index contributed by atoms with van der Waals surface area (Å²) in [5.74, 6) is 0.131. The van der Waals surface area contributed by atoms with Gasteiger partial charge >= 0.3 is 118 Å². The molecule has 0 spiro atoms. The molecule has 1 saturated heterocycles. The number of phosphoric acid groups is 3. The second-order valence-corrected chi connectivity index (χ2v) is 10.3. The van der Waals surface area contributed by atoms with Gasteiger partial charge in [-0.1, -0.05) is 0 Å². The molecule has 0 amide bonds. The minimum Gasteiger partial charge on any atom is -0.790 e. The summed E-state index contributed by atoms with van der Waals surface area (Å²) < 4.78 is 50.4. The van der Waals surface area contributed by atoms with Crippen LogP contribution in [0, 0.1) is 0 Å². The Morgan fingerprint density at radius 3 is 2.17 bits per heavy atom. The van der Waals surface area contributed by atoms with E-state index in [1.807, 2.05) is 0 Å². The van der Waals surface area contributed by atoms with Gasteiger partial charge in [0.25, 0.3) is 15.6 Å². The number of aliphatic hydroxyl groups excluding tert-OH is 2. The third-order valence-corrected chi connectivity index (χ3v) is 7.61. The molecule has 1 aliphatic rings. The van der Waals surface area contributed by atoms with E-state index in [0.29, 0.717) is 5.39 Å². The number of hydrogen-bond donors (Lipinski definition) is 3. The molecule has 3 heterocycles. The molecular weight excluding hydrogens is 581 g/mol. The molecule has 0 radical (unpaired) electrons. The van der Waals surface area contributed by atoms with E-state index in [9.17, 15) is 43.5 Å². The van der Waals surface area contributed by atoms with E-state index in [1.165, 1.54) is 16.8 Å². The summed E-state index contributed by atoms with van der Waals surface area (Å²) in [6.07, 6.45) is -3.55. The average Bonchev–Trinajstić information content (AvgIpc) is 3.13. The number of nitrogens with two attached hydrogens (primary N) is 1. The van der Waals surface area contributed by atoms with Crippen molar-refractivity contribution in [2.45, 2.75) is 24.5 Å². The van der Waals surface area contributed by atoms with E-state index in [0.717, 1.165) is 6.33 Å². The van der Waals surface area contributed by atoms with Crippen molar-refractivity contribution in [3.8, 4) is 0 Å². The van der Waals surface area contributed by atoms with E-state index >= 15 is 0 Å². The fourth-order valence-corrected chi connectivity index (χ4v) is 5.61. The largest absolute Gasteiger partial charge is 1.00 e. The van der Waals surface area contributed by atoms with Gasteiger partial charge in [0.1, 0.15) is 36.1 Å². The van der Waals surface area contributed by atoms with Crippen molar-refractivity contribution in [1.29, 1.82) is 0 Å². The van der Waals surface area contributed by atoms with E-state index in [4.69, 9.17) is 10.5 Å². The Kier molecular flexibility index (Phi) is 17.8. The molecule has 17 nitrogen and oxygen atoms in total. The number of anilines is 1. The molecule has 2 aromatic rings. The maximum Gasteiger partial charge on any atom is 1.00 e. The smallest absolute Gasteiger partial charge is 0.790 e. The zero-order valence-corrected chi connectivity index (χ0v) is 29.6. The van der Waals surface area contributed by atoms with Gasteiger partial charge < -0.3 is 53.9 Å². The Bertz CT molecular complexity index is 1120. The van der Waals surface area contributed by atoms with Gasteiger partial charge in [-0.15, -0.1) is 0 Å². The normalized spacial score (nSPS) is 25.2. The number of aromatic nitrogens is 3. The summed E-state index contributed by atoms with van der Waals surface area (Å²) >= 11 is 0. The Morgan fingerprint density at radius 2 is 1.60 bits per heavy atom. The van der Waals surface area contributed by atoms with Crippen molar-refractivity contribution in [2.75, 3.05) is 12.3 Å². The van der Waals surface area contributed by atoms with Crippen molar-refractivity contribution in [3.63, 3.8) is 0 Å². The molecule has 0 saturated carbocycles. The molecule has 4 N–H and O–H groups in total. The zero-order valence-electron chi connectivity index (χ0n) is 18.9. The fraction of sp³-hybridized carbons (Fsp3) is 0.455. The van der Waals surface area contributed by atoms with Crippen molar-refractivity contribution in [1.82, 2.24) is 14.5 Å². The number of rotatable bonds is 8. The SMILES string of the molecule is Nc1ncnc2c1ccn2[C@@H]1O[C@H](COP(=O)([O-])OP(=O)([O-])OP(=O)([O-])[O-])[C@@H](O)[C@H]1O.[Na+].[Na+].[Na+].[Na+]. The maximum atomic E-state index is 11.6. The van der Waals surface area contributed by atoms with Crippen LogP contribution >= 0.6 is 23.5 Å². The quantitative estimate of drug-likeness (QED) is 0.189. The molecule has 24 heteroatoms. The topological polar surface area (TPSA) is 278 Å². The van der Waals surface area contributed by atoms with Crippen molar-refractivity contribution < 1.29 is 180 Å². The number of ether oxygens (including phenoxy) is 1. The summed E-state index contributed by atoms with van der Waals surface area (Å²) in [5.41, 5.74) is 5.94. The predicted molar refractivity (Wildman–Crippen MR) is 88.8 cm³/mol. The first kappa shape index (κ1) is 39.9. The van der Waals surface area contributed by atoms with Gasteiger partial charge in [-0.25, -0.2) is 14.3 Å². The number of hydrogen-bond acceptors (Lipinski definition) is 16. The molecule has 0 aliphatic carbocycles. The summed E-state index contributed by atoms with van der Waals surface area (Å²) in [5, 5.41) is 20.8. The van der Waals surface area contributed by atoms with Crippen LogP contribution in [-0.2, 0) is 31.6 Å². The van der Waals surface area contributed by atoms with Crippen LogP contribution in [0.4, 0.5) is 5.82 Å². The summed E-state index contributed by atoms with van der Waals surface area (Å²) in [6.45, 7) is -1.06. The minimum absolute atomic E-state index is 0. The van der Waals surface area contributed by atoms with Crippen LogP contribution in [0.25, 0.3) is 11.0 Å². The summed E-state index contributed by atoms with van der Waals surface area (Å²) in [7, 11) is -18.0. The van der Waals surface area contributed by atoms with Gasteiger partial charge in [0, 0.05) is 6.20 Å². The van der Waals surface area contributed by atoms with Crippen LogP contribution in [-0.4, -0.2) is 49.7 Å². The molecule has 2 aromatic heterocycles. The van der Waals surface area contributed by atoms with E-state index in [2.05, 4.69) is 23.1 Å². The van der Waals surface area contributed by atoms with Gasteiger partial charge in [-0.05, 0) is 6.07 Å². The molecule has 1 fully saturated rings. The van der Waals surface area contributed by atoms with Gasteiger partial charge in [0.05, 0.1) is 19.8 Å². The molecule has 0 bridgehead atoms. The second kappa shape index (κ2) is 15.6. The van der Waals surface area contributed by atoms with Gasteiger partial charge in [0.2, 0.25) is 0 Å². The van der Waals surface area contributed by atoms with E-state index in [-0.39, 0.29) is 130 Å². The molecule has 0 aromatic carbocycles. The fourth-order valence-electron chi connectivity index (χ4n) is 2.74. The number of nitrogens with zero attached hydrogens (tertiary/aromatic N) is 3. The van der Waals surface area contributed by atoms with Crippen LogP contribution in [0.5, 0.6) is 0 Å². The van der Waals surface area contributed by atoms with Gasteiger partial charge in [0.15, 0.2) is 6.23 Å². The molecular formula is C11H13N4Na4O13P3.